The summed E-state index contributed by atoms with van der Waals surface area (Å²) in [7, 11) is 1.61. The molecule has 7 rings (SSSR count). The van der Waals surface area contributed by atoms with Gasteiger partial charge < -0.3 is 28.7 Å². The zero-order chi connectivity index (χ0) is 32.4. The Bertz CT molecular complexity index is 1910. The highest BCUT2D eigenvalue weighted by Crippen LogP contribution is 2.50. The number of hydrogen-bond acceptors (Lipinski definition) is 9. The average Bonchev–Trinajstić information content (AvgIpc) is 3.74. The normalized spacial score (nSPS) is 18.3. The van der Waals surface area contributed by atoms with E-state index in [0.717, 1.165) is 32.5 Å². The summed E-state index contributed by atoms with van der Waals surface area (Å²) in [5.41, 5.74) is 2.65. The van der Waals surface area contributed by atoms with Gasteiger partial charge in [0.1, 0.15) is 11.5 Å². The van der Waals surface area contributed by atoms with E-state index in [2.05, 4.69) is 26.1 Å². The average molecular weight is 696 g/mol. The van der Waals surface area contributed by atoms with Crippen LogP contribution in [0.2, 0.25) is 0 Å². The number of methoxy groups -OCH3 is 1. The van der Waals surface area contributed by atoms with Gasteiger partial charge in [-0.1, -0.05) is 51.4 Å². The largest absolute Gasteiger partial charge is 0.497 e. The summed E-state index contributed by atoms with van der Waals surface area (Å²) in [5, 5.41) is 13.3. The summed E-state index contributed by atoms with van der Waals surface area (Å²) in [6.07, 6.45) is 0.188. The van der Waals surface area contributed by atoms with Crippen molar-refractivity contribution in [3.63, 3.8) is 0 Å². The van der Waals surface area contributed by atoms with Gasteiger partial charge >= 0.3 is 0 Å². The summed E-state index contributed by atoms with van der Waals surface area (Å²) < 4.78 is 24.1. The number of halogens is 1. The van der Waals surface area contributed by atoms with Gasteiger partial charge in [0, 0.05) is 40.6 Å². The van der Waals surface area contributed by atoms with Crippen molar-refractivity contribution in [2.45, 2.75) is 31.0 Å². The molecule has 238 valence electrons. The van der Waals surface area contributed by atoms with Crippen LogP contribution in [0, 0.1) is 0 Å². The molecule has 3 heterocycles. The van der Waals surface area contributed by atoms with Gasteiger partial charge in [0.2, 0.25) is 5.90 Å². The molecule has 0 saturated heterocycles. The van der Waals surface area contributed by atoms with Crippen LogP contribution < -0.4 is 14.4 Å². The number of aliphatic hydroxyl groups excluding tert-OH is 1. The fourth-order valence-corrected chi connectivity index (χ4v) is 6.19. The van der Waals surface area contributed by atoms with Crippen molar-refractivity contribution in [3.8, 4) is 23.0 Å². The van der Waals surface area contributed by atoms with Crippen LogP contribution in [0.15, 0.2) is 111 Å². The molecule has 1 amide bonds. The van der Waals surface area contributed by atoms with Gasteiger partial charge in [-0.2, -0.15) is 4.98 Å². The van der Waals surface area contributed by atoms with E-state index in [4.69, 9.17) is 28.8 Å². The highest BCUT2D eigenvalue weighted by atomic mass is 79.9. The van der Waals surface area contributed by atoms with E-state index in [1.165, 1.54) is 0 Å². The summed E-state index contributed by atoms with van der Waals surface area (Å²) >= 11 is 3.52. The van der Waals surface area contributed by atoms with Crippen LogP contribution in [0.3, 0.4) is 0 Å². The lowest BCUT2D eigenvalue weighted by Gasteiger charge is -2.41. The van der Waals surface area contributed by atoms with E-state index in [1.54, 1.807) is 12.0 Å². The van der Waals surface area contributed by atoms with Crippen molar-refractivity contribution >= 4 is 33.4 Å². The Morgan fingerprint density at radius 2 is 1.66 bits per heavy atom. The Morgan fingerprint density at radius 3 is 2.40 bits per heavy atom. The molecule has 0 spiro atoms. The third kappa shape index (κ3) is 5.99. The molecule has 47 heavy (non-hydrogen) atoms. The van der Waals surface area contributed by atoms with Crippen LogP contribution in [0.25, 0.3) is 11.5 Å². The molecule has 2 aliphatic heterocycles. The van der Waals surface area contributed by atoms with Gasteiger partial charge in [-0.3, -0.25) is 4.79 Å². The highest BCUT2D eigenvalue weighted by Gasteiger charge is 2.58. The Hall–Kier alpha value is -5.00. The van der Waals surface area contributed by atoms with E-state index in [9.17, 15) is 4.79 Å². The molecule has 1 N–H and O–H groups in total. The Kier molecular flexibility index (Phi) is 8.48. The molecular formula is C36H31BrN4O6. The van der Waals surface area contributed by atoms with E-state index in [0.29, 0.717) is 48.5 Å². The van der Waals surface area contributed by atoms with Crippen molar-refractivity contribution in [1.82, 2.24) is 10.1 Å². The fraction of sp³-hybridized carbons (Fsp3) is 0.222. The number of nitrogens with zero attached hydrogens (tertiary/aromatic N) is 4. The van der Waals surface area contributed by atoms with Gasteiger partial charge in [-0.25, -0.2) is 4.99 Å². The topological polar surface area (TPSA) is 120 Å². The molecule has 1 aromatic heterocycles. The lowest BCUT2D eigenvalue weighted by molar-refractivity contribution is -0.127. The lowest BCUT2D eigenvalue weighted by Crippen LogP contribution is -2.55. The van der Waals surface area contributed by atoms with Crippen LogP contribution in [0.1, 0.15) is 35.0 Å². The summed E-state index contributed by atoms with van der Waals surface area (Å²) in [6.45, 7) is 0.553. The van der Waals surface area contributed by atoms with Crippen LogP contribution >= 0.6 is 15.9 Å². The predicted molar refractivity (Wildman–Crippen MR) is 178 cm³/mol. The van der Waals surface area contributed by atoms with Crippen LogP contribution in [0.5, 0.6) is 11.5 Å². The summed E-state index contributed by atoms with van der Waals surface area (Å²) in [4.78, 5) is 26.3. The number of fused-ring (bicyclic) bond motifs is 3. The molecule has 0 bridgehead atoms. The van der Waals surface area contributed by atoms with Gasteiger partial charge in [0.25, 0.3) is 11.8 Å². The fourth-order valence-electron chi connectivity index (χ4n) is 5.92. The van der Waals surface area contributed by atoms with Crippen LogP contribution in [-0.4, -0.2) is 52.9 Å². The molecule has 4 aromatic carbocycles. The SMILES string of the molecule is COc1ccc(-c2nc(CN3C(=O)[C@@]4(Cc5ccc(Br)cc5)N=C(c5ccc(OCCCO)cc5)O[C@H]4c4ccccc43)no2)cc1. The number of rotatable bonds is 11. The molecule has 0 aliphatic carbocycles. The smallest absolute Gasteiger partial charge is 0.260 e. The molecule has 0 unspecified atom stereocenters. The number of hydrogen-bond donors (Lipinski definition) is 1. The van der Waals surface area contributed by atoms with Gasteiger partial charge in [0.15, 0.2) is 17.5 Å². The first-order valence-electron chi connectivity index (χ1n) is 15.2. The maximum Gasteiger partial charge on any atom is 0.260 e. The molecular weight excluding hydrogens is 664 g/mol. The third-order valence-electron chi connectivity index (χ3n) is 8.25. The number of aliphatic hydroxyl groups is 1. The van der Waals surface area contributed by atoms with Crippen molar-refractivity contribution in [2.75, 3.05) is 25.2 Å². The molecule has 5 aromatic rings. The minimum absolute atomic E-state index is 0.0631. The van der Waals surface area contributed by atoms with Gasteiger partial charge in [-0.15, -0.1) is 0 Å². The first kappa shape index (κ1) is 30.6. The quantitative estimate of drug-likeness (QED) is 0.160. The summed E-state index contributed by atoms with van der Waals surface area (Å²) in [5.74, 6) is 2.24. The van der Waals surface area contributed by atoms with Crippen LogP contribution in [-0.2, 0) is 22.5 Å². The van der Waals surface area contributed by atoms with Gasteiger partial charge in [0.05, 0.1) is 25.9 Å². The number of benzene rings is 4. The standard InChI is InChI=1S/C36H31BrN4O6/c1-44-27-15-9-24(10-16-27)33-38-31(40-47-33)22-41-30-6-3-2-5-29(30)32-36(35(41)43,21-23-7-13-26(37)14-8-23)39-34(46-32)25-11-17-28(18-12-25)45-20-4-19-42/h2-3,5-18,32,42H,4,19-22H2,1H3/t32-,36-/m0/s1. The highest BCUT2D eigenvalue weighted by molar-refractivity contribution is 9.10. The molecule has 10 nitrogen and oxygen atoms in total. The molecule has 11 heteroatoms. The van der Waals surface area contributed by atoms with E-state index in [1.807, 2.05) is 97.1 Å². The third-order valence-corrected chi connectivity index (χ3v) is 8.78. The Morgan fingerprint density at radius 1 is 0.936 bits per heavy atom. The zero-order valence-electron chi connectivity index (χ0n) is 25.5. The number of anilines is 1. The minimum Gasteiger partial charge on any atom is -0.497 e. The van der Waals surface area contributed by atoms with Crippen molar-refractivity contribution in [2.24, 2.45) is 4.99 Å². The molecule has 0 fully saturated rings. The van der Waals surface area contributed by atoms with E-state index in [-0.39, 0.29) is 19.1 Å². The number of ether oxygens (including phenoxy) is 3. The van der Waals surface area contributed by atoms with Crippen molar-refractivity contribution in [1.29, 1.82) is 0 Å². The Labute approximate surface area is 279 Å². The Balaban J connectivity index is 1.26. The second kappa shape index (κ2) is 13.0. The maximum atomic E-state index is 14.9. The number of carbonyl (C=O) groups is 1. The monoisotopic (exact) mass is 694 g/mol. The zero-order valence-corrected chi connectivity index (χ0v) is 27.1. The summed E-state index contributed by atoms with van der Waals surface area (Å²) in [6, 6.07) is 30.3. The second-order valence-electron chi connectivity index (χ2n) is 11.3. The van der Waals surface area contributed by atoms with E-state index < -0.39 is 11.6 Å². The number of aromatic nitrogens is 2. The maximum absolute atomic E-state index is 14.9. The number of carbonyl (C=O) groups excluding carboxylic acids is 1. The van der Waals surface area contributed by atoms with Crippen LogP contribution in [0.4, 0.5) is 5.69 Å². The number of para-hydroxylation sites is 1. The molecule has 0 saturated carbocycles. The second-order valence-corrected chi connectivity index (χ2v) is 12.2. The lowest BCUT2D eigenvalue weighted by atomic mass is 9.78. The number of amides is 1. The van der Waals surface area contributed by atoms with E-state index >= 15 is 0 Å². The molecule has 0 radical (unpaired) electrons. The first-order chi connectivity index (χ1) is 23.0. The van der Waals surface area contributed by atoms with Crippen molar-refractivity contribution in [3.05, 3.63) is 124 Å². The minimum atomic E-state index is -1.30. The molecule has 2 aliphatic rings. The predicted octanol–water partition coefficient (Wildman–Crippen LogP) is 6.32. The number of aliphatic imine (C=N–C) groups is 1. The molecule has 2 atom stereocenters. The van der Waals surface area contributed by atoms with Gasteiger partial charge in [-0.05, 0) is 72.3 Å². The van der Waals surface area contributed by atoms with Crippen molar-refractivity contribution < 1.29 is 28.6 Å². The first-order valence-corrected chi connectivity index (χ1v) is 16.0.